The first kappa shape index (κ1) is 14.6. The second-order valence-electron chi connectivity index (χ2n) is 7.14. The van der Waals surface area contributed by atoms with Crippen molar-refractivity contribution in [2.75, 3.05) is 0 Å². The molecule has 1 aromatic carbocycles. The van der Waals surface area contributed by atoms with Gasteiger partial charge >= 0.3 is 0 Å². The van der Waals surface area contributed by atoms with E-state index in [0.29, 0.717) is 11.8 Å². The summed E-state index contributed by atoms with van der Waals surface area (Å²) < 4.78 is 0. The van der Waals surface area contributed by atoms with Crippen molar-refractivity contribution in [1.29, 1.82) is 0 Å². The molecule has 106 valence electrons. The molecule has 0 aliphatic heterocycles. The maximum absolute atomic E-state index is 10.7. The normalized spacial score (nSPS) is 28.1. The van der Waals surface area contributed by atoms with E-state index in [4.69, 9.17) is 0 Å². The van der Waals surface area contributed by atoms with E-state index in [9.17, 15) is 5.11 Å². The summed E-state index contributed by atoms with van der Waals surface area (Å²) in [4.78, 5) is 0. The highest BCUT2D eigenvalue weighted by molar-refractivity contribution is 5.23. The molecular formula is C18H28O. The van der Waals surface area contributed by atoms with E-state index in [-0.39, 0.29) is 11.5 Å². The zero-order valence-corrected chi connectivity index (χ0v) is 12.8. The summed E-state index contributed by atoms with van der Waals surface area (Å²) in [5, 5.41) is 10.7. The maximum atomic E-state index is 10.7. The van der Waals surface area contributed by atoms with E-state index in [1.165, 1.54) is 30.4 Å². The number of aliphatic hydroxyl groups is 1. The van der Waals surface area contributed by atoms with Crippen molar-refractivity contribution >= 4 is 0 Å². The Balaban J connectivity index is 2.11. The van der Waals surface area contributed by atoms with E-state index in [1.54, 1.807) is 0 Å². The molecule has 1 aromatic rings. The molecule has 2 rings (SSSR count). The van der Waals surface area contributed by atoms with Gasteiger partial charge in [-0.1, -0.05) is 63.4 Å². The summed E-state index contributed by atoms with van der Waals surface area (Å²) in [5.41, 5.74) is 2.81. The van der Waals surface area contributed by atoms with Crippen LogP contribution in [-0.4, -0.2) is 11.2 Å². The molecule has 0 saturated heterocycles. The maximum Gasteiger partial charge on any atom is 0.0616 e. The molecule has 1 N–H and O–H groups in total. The zero-order chi connectivity index (χ0) is 14.0. The molecule has 0 amide bonds. The van der Waals surface area contributed by atoms with Crippen LogP contribution >= 0.6 is 0 Å². The van der Waals surface area contributed by atoms with Crippen LogP contribution in [-0.2, 0) is 6.42 Å². The molecule has 0 bridgehead atoms. The summed E-state index contributed by atoms with van der Waals surface area (Å²) in [6.07, 6.45) is 4.39. The molecule has 1 heteroatoms. The Kier molecular flexibility index (Phi) is 4.35. The average Bonchev–Trinajstić information content (AvgIpc) is 2.27. The van der Waals surface area contributed by atoms with Gasteiger partial charge in [0.25, 0.3) is 0 Å². The van der Waals surface area contributed by atoms with E-state index in [1.807, 2.05) is 0 Å². The molecule has 0 spiro atoms. The smallest absolute Gasteiger partial charge is 0.0616 e. The molecule has 19 heavy (non-hydrogen) atoms. The van der Waals surface area contributed by atoms with E-state index >= 15 is 0 Å². The lowest BCUT2D eigenvalue weighted by molar-refractivity contribution is -0.0269. The number of benzene rings is 1. The minimum absolute atomic E-state index is 0.216. The monoisotopic (exact) mass is 260 g/mol. The third-order valence-corrected chi connectivity index (χ3v) is 4.94. The van der Waals surface area contributed by atoms with Gasteiger partial charge in [-0.05, 0) is 42.6 Å². The van der Waals surface area contributed by atoms with E-state index in [2.05, 4.69) is 52.0 Å². The highest BCUT2D eigenvalue weighted by Crippen LogP contribution is 2.46. The minimum atomic E-state index is -0.216. The van der Waals surface area contributed by atoms with Crippen molar-refractivity contribution in [2.24, 2.45) is 17.3 Å². The third-order valence-electron chi connectivity index (χ3n) is 4.94. The van der Waals surface area contributed by atoms with E-state index < -0.39 is 0 Å². The van der Waals surface area contributed by atoms with Gasteiger partial charge in [-0.3, -0.25) is 0 Å². The van der Waals surface area contributed by atoms with E-state index in [0.717, 1.165) is 6.42 Å². The van der Waals surface area contributed by atoms with Crippen LogP contribution in [0.4, 0.5) is 0 Å². The molecule has 1 aliphatic carbocycles. The number of aryl methyl sites for hydroxylation is 1. The Bertz CT molecular complexity index is 421. The SMILES string of the molecule is Cc1cccc(CC(O)[C@H]2C(C)CCCC2(C)C)c1. The highest BCUT2D eigenvalue weighted by Gasteiger charge is 2.40. The number of hydrogen-bond acceptors (Lipinski definition) is 1. The van der Waals surface area contributed by atoms with Crippen molar-refractivity contribution in [3.8, 4) is 0 Å². The second-order valence-corrected chi connectivity index (χ2v) is 7.14. The van der Waals surface area contributed by atoms with Gasteiger partial charge in [0.15, 0.2) is 0 Å². The zero-order valence-electron chi connectivity index (χ0n) is 12.8. The fourth-order valence-corrected chi connectivity index (χ4v) is 4.10. The van der Waals surface area contributed by atoms with Gasteiger partial charge in [-0.25, -0.2) is 0 Å². The summed E-state index contributed by atoms with van der Waals surface area (Å²) in [7, 11) is 0. The first-order valence-corrected chi connectivity index (χ1v) is 7.64. The Hall–Kier alpha value is -0.820. The van der Waals surface area contributed by atoms with Crippen LogP contribution in [0.5, 0.6) is 0 Å². The Morgan fingerprint density at radius 3 is 2.74 bits per heavy atom. The van der Waals surface area contributed by atoms with Gasteiger partial charge < -0.3 is 5.11 Å². The van der Waals surface area contributed by atoms with Crippen LogP contribution < -0.4 is 0 Å². The largest absolute Gasteiger partial charge is 0.392 e. The molecule has 1 fully saturated rings. The molecule has 0 heterocycles. The van der Waals surface area contributed by atoms with Crippen molar-refractivity contribution in [2.45, 2.75) is 59.5 Å². The lowest BCUT2D eigenvalue weighted by Gasteiger charge is -2.45. The molecular weight excluding hydrogens is 232 g/mol. The van der Waals surface area contributed by atoms with Crippen molar-refractivity contribution < 1.29 is 5.11 Å². The van der Waals surface area contributed by atoms with Crippen LogP contribution in [0.2, 0.25) is 0 Å². The second kappa shape index (κ2) is 5.66. The fourth-order valence-electron chi connectivity index (χ4n) is 4.10. The molecule has 0 radical (unpaired) electrons. The first-order valence-electron chi connectivity index (χ1n) is 7.64. The quantitative estimate of drug-likeness (QED) is 0.856. The van der Waals surface area contributed by atoms with Gasteiger partial charge in [0.1, 0.15) is 0 Å². The summed E-state index contributed by atoms with van der Waals surface area (Å²) in [6, 6.07) is 8.54. The molecule has 1 saturated carbocycles. The van der Waals surface area contributed by atoms with Gasteiger partial charge in [0.2, 0.25) is 0 Å². The van der Waals surface area contributed by atoms with Crippen molar-refractivity contribution in [3.63, 3.8) is 0 Å². The van der Waals surface area contributed by atoms with Crippen LogP contribution in [0, 0.1) is 24.2 Å². The predicted octanol–water partition coefficient (Wildman–Crippen LogP) is 4.36. The molecule has 0 aromatic heterocycles. The number of aliphatic hydroxyl groups excluding tert-OH is 1. The molecule has 1 nitrogen and oxygen atoms in total. The number of hydrogen-bond donors (Lipinski definition) is 1. The first-order chi connectivity index (χ1) is 8.90. The standard InChI is InChI=1S/C18H28O/c1-13-7-5-9-15(11-13)12-16(19)17-14(2)8-6-10-18(17,3)4/h5,7,9,11,14,16-17,19H,6,8,10,12H2,1-4H3/t14?,16?,17-/m1/s1. The lowest BCUT2D eigenvalue weighted by Crippen LogP contribution is -2.42. The van der Waals surface area contributed by atoms with Gasteiger partial charge in [0, 0.05) is 0 Å². The summed E-state index contributed by atoms with van der Waals surface area (Å²) in [6.45, 7) is 9.08. The number of rotatable bonds is 3. The summed E-state index contributed by atoms with van der Waals surface area (Å²) >= 11 is 0. The lowest BCUT2D eigenvalue weighted by atomic mass is 9.61. The third kappa shape index (κ3) is 3.39. The van der Waals surface area contributed by atoms with Crippen LogP contribution in [0.1, 0.15) is 51.2 Å². The van der Waals surface area contributed by atoms with Crippen LogP contribution in [0.25, 0.3) is 0 Å². The molecule has 3 atom stereocenters. The van der Waals surface area contributed by atoms with Gasteiger partial charge in [-0.2, -0.15) is 0 Å². The average molecular weight is 260 g/mol. The topological polar surface area (TPSA) is 20.2 Å². The Morgan fingerprint density at radius 2 is 2.11 bits per heavy atom. The van der Waals surface area contributed by atoms with Crippen LogP contribution in [0.3, 0.4) is 0 Å². The summed E-state index contributed by atoms with van der Waals surface area (Å²) in [5.74, 6) is 1.05. The van der Waals surface area contributed by atoms with Crippen molar-refractivity contribution in [3.05, 3.63) is 35.4 Å². The molecule has 1 aliphatic rings. The molecule has 2 unspecified atom stereocenters. The van der Waals surface area contributed by atoms with Gasteiger partial charge in [-0.15, -0.1) is 0 Å². The Morgan fingerprint density at radius 1 is 1.37 bits per heavy atom. The van der Waals surface area contributed by atoms with Gasteiger partial charge in [0.05, 0.1) is 6.10 Å². The fraction of sp³-hybridized carbons (Fsp3) is 0.667. The van der Waals surface area contributed by atoms with Crippen molar-refractivity contribution in [1.82, 2.24) is 0 Å². The minimum Gasteiger partial charge on any atom is -0.392 e. The highest BCUT2D eigenvalue weighted by atomic mass is 16.3. The predicted molar refractivity (Wildman–Crippen MR) is 81.2 cm³/mol. The Labute approximate surface area is 118 Å². The van der Waals surface area contributed by atoms with Crippen LogP contribution in [0.15, 0.2) is 24.3 Å².